The molecule has 0 spiro atoms. The van der Waals surface area contributed by atoms with Gasteiger partial charge in [-0.1, -0.05) is 74.5 Å². The van der Waals surface area contributed by atoms with Crippen LogP contribution in [0.4, 0.5) is 0 Å². The fourth-order valence-corrected chi connectivity index (χ4v) is 2.30. The Labute approximate surface area is 115 Å². The van der Waals surface area contributed by atoms with Gasteiger partial charge in [-0.25, -0.2) is 0 Å². The molecule has 0 N–H and O–H groups in total. The van der Waals surface area contributed by atoms with Gasteiger partial charge in [0.1, 0.15) is 5.78 Å². The number of ketones is 1. The summed E-state index contributed by atoms with van der Waals surface area (Å²) in [5.41, 5.74) is 2.16. The van der Waals surface area contributed by atoms with Crippen molar-refractivity contribution in [3.8, 4) is 0 Å². The summed E-state index contributed by atoms with van der Waals surface area (Å²) in [5, 5.41) is 0. The first-order valence-electron chi connectivity index (χ1n) is 6.87. The van der Waals surface area contributed by atoms with Crippen LogP contribution in [0.1, 0.15) is 37.3 Å². The molecule has 0 radical (unpaired) electrons. The number of rotatable bonds is 5. The molecule has 0 saturated heterocycles. The summed E-state index contributed by atoms with van der Waals surface area (Å²) >= 11 is 0. The van der Waals surface area contributed by atoms with Crippen LogP contribution in [0.25, 0.3) is 0 Å². The molecule has 0 amide bonds. The number of carbonyl (C=O) groups excluding carboxylic acids is 1. The Morgan fingerprint density at radius 3 is 1.68 bits per heavy atom. The van der Waals surface area contributed by atoms with Crippen LogP contribution in [0.5, 0.6) is 0 Å². The van der Waals surface area contributed by atoms with Crippen molar-refractivity contribution in [2.75, 3.05) is 0 Å². The van der Waals surface area contributed by atoms with Crippen molar-refractivity contribution in [3.05, 3.63) is 71.8 Å². The Kier molecular flexibility index (Phi) is 4.51. The molecule has 2 rings (SSSR count). The number of carbonyl (C=O) groups is 1. The minimum Gasteiger partial charge on any atom is -0.298 e. The Morgan fingerprint density at radius 1 is 0.895 bits per heavy atom. The molecule has 98 valence electrons. The van der Waals surface area contributed by atoms with Crippen LogP contribution >= 0.6 is 0 Å². The monoisotopic (exact) mass is 252 g/mol. The van der Waals surface area contributed by atoms with Crippen molar-refractivity contribution in [2.45, 2.75) is 26.2 Å². The van der Waals surface area contributed by atoms with Crippen LogP contribution in [0.3, 0.4) is 0 Å². The van der Waals surface area contributed by atoms with Gasteiger partial charge in [0.05, 0.1) is 5.92 Å². The minimum absolute atomic E-state index is 0.0883. The number of Topliss-reactive ketones (excluding diaryl/α,β-unsaturated/α-hetero) is 1. The molecule has 2 aromatic rings. The zero-order chi connectivity index (χ0) is 13.7. The average Bonchev–Trinajstić information content (AvgIpc) is 2.49. The highest BCUT2D eigenvalue weighted by Crippen LogP contribution is 2.28. The van der Waals surface area contributed by atoms with E-state index >= 15 is 0 Å². The molecule has 0 heterocycles. The van der Waals surface area contributed by atoms with Gasteiger partial charge in [0.2, 0.25) is 0 Å². The molecule has 1 atom stereocenters. The summed E-state index contributed by atoms with van der Waals surface area (Å²) in [7, 11) is 0. The third-order valence-electron chi connectivity index (χ3n) is 3.65. The Bertz CT molecular complexity index is 476. The molecule has 0 aliphatic rings. The first-order valence-corrected chi connectivity index (χ1v) is 6.87. The lowest BCUT2D eigenvalue weighted by atomic mass is 9.82. The second kappa shape index (κ2) is 6.33. The van der Waals surface area contributed by atoms with E-state index in [1.165, 1.54) is 0 Å². The predicted molar refractivity (Wildman–Crippen MR) is 79.2 cm³/mol. The third kappa shape index (κ3) is 3.11. The molecule has 0 saturated carbocycles. The van der Waals surface area contributed by atoms with E-state index in [9.17, 15) is 4.79 Å². The van der Waals surface area contributed by atoms with Crippen molar-refractivity contribution >= 4 is 5.78 Å². The summed E-state index contributed by atoms with van der Waals surface area (Å²) in [6.45, 7) is 4.08. The number of hydrogen-bond acceptors (Lipinski definition) is 1. The van der Waals surface area contributed by atoms with E-state index in [0.29, 0.717) is 5.78 Å². The standard InChI is InChI=1S/C18H20O/c1-3-14(2)18(19)17(15-10-6-4-7-11-15)16-12-8-5-9-13-16/h4-14,17H,3H2,1-2H3. The van der Waals surface area contributed by atoms with Crippen LogP contribution in [0, 0.1) is 5.92 Å². The molecular weight excluding hydrogens is 232 g/mol. The number of hydrogen-bond donors (Lipinski definition) is 0. The summed E-state index contributed by atoms with van der Waals surface area (Å²) in [6, 6.07) is 20.1. The lowest BCUT2D eigenvalue weighted by molar-refractivity contribution is -0.123. The van der Waals surface area contributed by atoms with E-state index in [1.54, 1.807) is 0 Å². The van der Waals surface area contributed by atoms with Gasteiger partial charge in [0.25, 0.3) is 0 Å². The molecule has 0 bridgehead atoms. The second-order valence-corrected chi connectivity index (χ2v) is 4.97. The molecule has 1 nitrogen and oxygen atoms in total. The Morgan fingerprint density at radius 2 is 1.32 bits per heavy atom. The molecule has 0 fully saturated rings. The second-order valence-electron chi connectivity index (χ2n) is 4.97. The molecule has 1 heteroatoms. The van der Waals surface area contributed by atoms with Gasteiger partial charge in [0, 0.05) is 5.92 Å². The smallest absolute Gasteiger partial charge is 0.147 e. The normalized spacial score (nSPS) is 12.4. The van der Waals surface area contributed by atoms with Crippen molar-refractivity contribution in [3.63, 3.8) is 0 Å². The first kappa shape index (κ1) is 13.5. The fourth-order valence-electron chi connectivity index (χ4n) is 2.30. The molecule has 19 heavy (non-hydrogen) atoms. The van der Waals surface area contributed by atoms with E-state index in [4.69, 9.17) is 0 Å². The van der Waals surface area contributed by atoms with Crippen LogP contribution in [0.2, 0.25) is 0 Å². The Hall–Kier alpha value is -1.89. The van der Waals surface area contributed by atoms with Crippen LogP contribution < -0.4 is 0 Å². The topological polar surface area (TPSA) is 17.1 Å². The molecule has 0 aliphatic heterocycles. The molecule has 0 aromatic heterocycles. The van der Waals surface area contributed by atoms with Crippen LogP contribution in [-0.2, 0) is 4.79 Å². The van der Waals surface area contributed by atoms with Crippen LogP contribution in [-0.4, -0.2) is 5.78 Å². The van der Waals surface area contributed by atoms with Crippen molar-refractivity contribution in [1.82, 2.24) is 0 Å². The van der Waals surface area contributed by atoms with Gasteiger partial charge in [-0.15, -0.1) is 0 Å². The maximum atomic E-state index is 12.7. The third-order valence-corrected chi connectivity index (χ3v) is 3.65. The van der Waals surface area contributed by atoms with Gasteiger partial charge >= 0.3 is 0 Å². The van der Waals surface area contributed by atoms with Gasteiger partial charge in [-0.3, -0.25) is 4.79 Å². The Balaban J connectivity index is 2.43. The highest BCUT2D eigenvalue weighted by molar-refractivity contribution is 5.90. The summed E-state index contributed by atoms with van der Waals surface area (Å²) < 4.78 is 0. The zero-order valence-corrected chi connectivity index (χ0v) is 11.5. The van der Waals surface area contributed by atoms with Gasteiger partial charge in [-0.05, 0) is 17.5 Å². The van der Waals surface area contributed by atoms with E-state index < -0.39 is 0 Å². The van der Waals surface area contributed by atoms with Gasteiger partial charge in [-0.2, -0.15) is 0 Å². The lowest BCUT2D eigenvalue weighted by Crippen LogP contribution is -2.20. The summed E-state index contributed by atoms with van der Waals surface area (Å²) in [6.07, 6.45) is 0.884. The lowest BCUT2D eigenvalue weighted by Gasteiger charge is -2.20. The van der Waals surface area contributed by atoms with E-state index in [0.717, 1.165) is 17.5 Å². The zero-order valence-electron chi connectivity index (χ0n) is 11.5. The van der Waals surface area contributed by atoms with E-state index in [2.05, 4.69) is 6.92 Å². The molecule has 1 unspecified atom stereocenters. The van der Waals surface area contributed by atoms with Crippen LogP contribution in [0.15, 0.2) is 60.7 Å². The van der Waals surface area contributed by atoms with E-state index in [1.807, 2.05) is 67.6 Å². The fraction of sp³-hybridized carbons (Fsp3) is 0.278. The van der Waals surface area contributed by atoms with Gasteiger partial charge in [0.15, 0.2) is 0 Å². The number of benzene rings is 2. The first-order chi connectivity index (χ1) is 9.24. The maximum absolute atomic E-state index is 12.7. The van der Waals surface area contributed by atoms with Crippen molar-refractivity contribution < 1.29 is 4.79 Å². The molecule has 0 aliphatic carbocycles. The van der Waals surface area contributed by atoms with Gasteiger partial charge < -0.3 is 0 Å². The average molecular weight is 252 g/mol. The summed E-state index contributed by atoms with van der Waals surface area (Å²) in [5.74, 6) is 0.252. The highest BCUT2D eigenvalue weighted by atomic mass is 16.1. The minimum atomic E-state index is -0.141. The van der Waals surface area contributed by atoms with Crippen molar-refractivity contribution in [2.24, 2.45) is 5.92 Å². The highest BCUT2D eigenvalue weighted by Gasteiger charge is 2.25. The van der Waals surface area contributed by atoms with Crippen molar-refractivity contribution in [1.29, 1.82) is 0 Å². The summed E-state index contributed by atoms with van der Waals surface area (Å²) in [4.78, 5) is 12.7. The maximum Gasteiger partial charge on any atom is 0.147 e. The van der Waals surface area contributed by atoms with E-state index in [-0.39, 0.29) is 11.8 Å². The molecule has 2 aromatic carbocycles. The molecular formula is C18H20O. The SMILES string of the molecule is CCC(C)C(=O)C(c1ccccc1)c1ccccc1. The predicted octanol–water partition coefficient (Wildman–Crippen LogP) is 4.43. The largest absolute Gasteiger partial charge is 0.298 e. The quantitative estimate of drug-likeness (QED) is 0.769.